The number of hydrogen-bond acceptors (Lipinski definition) is 5. The number of hydrogen-bond donors (Lipinski definition) is 2. The van der Waals surface area contributed by atoms with E-state index >= 15 is 0 Å². The van der Waals surface area contributed by atoms with E-state index in [4.69, 9.17) is 16.7 Å². The lowest BCUT2D eigenvalue weighted by Crippen LogP contribution is -2.19. The van der Waals surface area contributed by atoms with Crippen molar-refractivity contribution in [1.29, 1.82) is 5.26 Å². The fourth-order valence-corrected chi connectivity index (χ4v) is 2.62. The van der Waals surface area contributed by atoms with Crippen molar-refractivity contribution in [3.05, 3.63) is 47.7 Å². The van der Waals surface area contributed by atoms with Crippen LogP contribution in [-0.2, 0) is 4.74 Å². The molecule has 1 fully saturated rings. The Morgan fingerprint density at radius 2 is 2.15 bits per heavy atom. The molecule has 0 bridgehead atoms. The highest BCUT2D eigenvalue weighted by molar-refractivity contribution is 5.83. The van der Waals surface area contributed by atoms with Crippen molar-refractivity contribution in [1.82, 2.24) is 9.55 Å². The van der Waals surface area contributed by atoms with Crippen molar-refractivity contribution in [2.45, 2.75) is 25.1 Å². The lowest BCUT2D eigenvalue weighted by molar-refractivity contribution is -0.165. The number of halogens is 3. The minimum Gasteiger partial charge on any atom is -0.470 e. The average Bonchev–Trinajstić information content (AvgIpc) is 3.36. The Balaban J connectivity index is 2.00. The Morgan fingerprint density at radius 1 is 1.42 bits per heavy atom. The molecule has 1 aliphatic carbocycles. The summed E-state index contributed by atoms with van der Waals surface area (Å²) in [4.78, 5) is 4.51. The Morgan fingerprint density at radius 3 is 2.73 bits per heavy atom. The Bertz CT molecular complexity index is 932. The summed E-state index contributed by atoms with van der Waals surface area (Å²) in [7, 11) is 0. The average molecular weight is 363 g/mol. The maximum atomic E-state index is 12.3. The molecule has 26 heavy (non-hydrogen) atoms. The molecular weight excluding hydrogens is 347 g/mol. The molecule has 0 atom stereocenters. The molecule has 9 heteroatoms. The third kappa shape index (κ3) is 3.74. The SMILES string of the molecule is N#Cc1ccc2nc(C(/C=C(\N)OCC(F)(F)F)=C/N)n(C3CC3)c2c1. The van der Waals surface area contributed by atoms with Crippen LogP contribution in [0.15, 0.2) is 36.4 Å². The molecule has 0 radical (unpaired) electrons. The molecular formula is C17H16F3N5O. The Labute approximate surface area is 147 Å². The van der Waals surface area contributed by atoms with Gasteiger partial charge in [-0.15, -0.1) is 0 Å². The first-order chi connectivity index (χ1) is 12.3. The summed E-state index contributed by atoms with van der Waals surface area (Å²) in [6.07, 6.45) is -0.167. The van der Waals surface area contributed by atoms with Crippen LogP contribution in [0.5, 0.6) is 0 Å². The van der Waals surface area contributed by atoms with Gasteiger partial charge in [0, 0.05) is 23.9 Å². The molecule has 1 heterocycles. The highest BCUT2D eigenvalue weighted by Gasteiger charge is 2.30. The van der Waals surface area contributed by atoms with Crippen molar-refractivity contribution in [3.63, 3.8) is 0 Å². The van der Waals surface area contributed by atoms with E-state index in [0.29, 0.717) is 22.5 Å². The zero-order chi connectivity index (χ0) is 18.9. The van der Waals surface area contributed by atoms with Gasteiger partial charge in [0.2, 0.25) is 0 Å². The number of ether oxygens (including phenoxy) is 1. The van der Waals surface area contributed by atoms with Crippen molar-refractivity contribution in [2.24, 2.45) is 11.5 Å². The monoisotopic (exact) mass is 363 g/mol. The van der Waals surface area contributed by atoms with Crippen LogP contribution in [0.25, 0.3) is 16.6 Å². The van der Waals surface area contributed by atoms with E-state index in [2.05, 4.69) is 15.8 Å². The van der Waals surface area contributed by atoms with Gasteiger partial charge < -0.3 is 20.8 Å². The van der Waals surface area contributed by atoms with E-state index < -0.39 is 18.7 Å². The van der Waals surface area contributed by atoms with Crippen LogP contribution in [0.4, 0.5) is 13.2 Å². The van der Waals surface area contributed by atoms with Gasteiger partial charge in [0.25, 0.3) is 0 Å². The van der Waals surface area contributed by atoms with Crippen LogP contribution in [0.1, 0.15) is 30.3 Å². The number of aromatic nitrogens is 2. The fourth-order valence-electron chi connectivity index (χ4n) is 2.62. The van der Waals surface area contributed by atoms with Crippen molar-refractivity contribution in [3.8, 4) is 6.07 Å². The van der Waals surface area contributed by atoms with E-state index in [9.17, 15) is 13.2 Å². The van der Waals surface area contributed by atoms with E-state index in [1.54, 1.807) is 18.2 Å². The molecule has 1 aromatic heterocycles. The first-order valence-electron chi connectivity index (χ1n) is 7.83. The number of benzene rings is 1. The lowest BCUT2D eigenvalue weighted by Gasteiger charge is -2.11. The molecule has 6 nitrogen and oxygen atoms in total. The number of nitrogens with two attached hydrogens (primary N) is 2. The predicted molar refractivity (Wildman–Crippen MR) is 89.2 cm³/mol. The van der Waals surface area contributed by atoms with Crippen molar-refractivity contribution in [2.75, 3.05) is 6.61 Å². The van der Waals surface area contributed by atoms with Crippen LogP contribution < -0.4 is 11.5 Å². The molecule has 1 saturated carbocycles. The summed E-state index contributed by atoms with van der Waals surface area (Å²) in [6.45, 7) is -1.49. The van der Waals surface area contributed by atoms with Crippen molar-refractivity contribution < 1.29 is 17.9 Å². The first kappa shape index (κ1) is 17.7. The van der Waals surface area contributed by atoms with E-state index in [1.165, 1.54) is 12.3 Å². The number of rotatable bonds is 5. The summed E-state index contributed by atoms with van der Waals surface area (Å²) in [5, 5.41) is 9.10. The smallest absolute Gasteiger partial charge is 0.422 e. The number of nitrogens with zero attached hydrogens (tertiary/aromatic N) is 3. The molecule has 0 amide bonds. The second-order valence-corrected chi connectivity index (χ2v) is 5.92. The molecule has 1 aromatic carbocycles. The van der Waals surface area contributed by atoms with Gasteiger partial charge >= 0.3 is 6.18 Å². The molecule has 136 valence electrons. The maximum absolute atomic E-state index is 12.3. The zero-order valence-electron chi connectivity index (χ0n) is 13.6. The largest absolute Gasteiger partial charge is 0.470 e. The number of alkyl halides is 3. The summed E-state index contributed by atoms with van der Waals surface area (Å²) in [5.41, 5.74) is 13.5. The molecule has 1 aliphatic rings. The number of nitriles is 1. The normalized spacial score (nSPS) is 15.9. The van der Waals surface area contributed by atoms with Gasteiger partial charge in [-0.1, -0.05) is 0 Å². The number of fused-ring (bicyclic) bond motifs is 1. The van der Waals surface area contributed by atoms with Gasteiger partial charge in [-0.2, -0.15) is 18.4 Å². The van der Waals surface area contributed by atoms with Gasteiger partial charge in [0.15, 0.2) is 12.5 Å². The quantitative estimate of drug-likeness (QED) is 0.628. The summed E-state index contributed by atoms with van der Waals surface area (Å²) < 4.78 is 43.2. The third-order valence-electron chi connectivity index (χ3n) is 3.87. The van der Waals surface area contributed by atoms with Crippen LogP contribution in [0, 0.1) is 11.3 Å². The fraction of sp³-hybridized carbons (Fsp3) is 0.294. The van der Waals surface area contributed by atoms with Crippen molar-refractivity contribution >= 4 is 16.6 Å². The van der Waals surface area contributed by atoms with Gasteiger partial charge in [-0.25, -0.2) is 4.98 Å². The van der Waals surface area contributed by atoms with Crippen LogP contribution in [-0.4, -0.2) is 22.3 Å². The number of imidazole rings is 1. The highest BCUT2D eigenvalue weighted by Crippen LogP contribution is 2.40. The maximum Gasteiger partial charge on any atom is 0.422 e. The molecule has 4 N–H and O–H groups in total. The number of allylic oxidation sites excluding steroid dienone is 2. The minimum atomic E-state index is -4.49. The summed E-state index contributed by atoms with van der Waals surface area (Å²) in [5.74, 6) is 0.0600. The van der Waals surface area contributed by atoms with Gasteiger partial charge in [-0.3, -0.25) is 0 Å². The first-order valence-corrected chi connectivity index (χ1v) is 7.83. The van der Waals surface area contributed by atoms with Gasteiger partial charge in [0.05, 0.1) is 22.7 Å². The second kappa shape index (κ2) is 6.63. The van der Waals surface area contributed by atoms with Gasteiger partial charge in [0.1, 0.15) is 5.82 Å². The standard InChI is InChI=1S/C17H16F3N5O/c18-17(19,20)9-26-15(23)6-11(8-22)16-24-13-4-1-10(7-21)5-14(13)25(16)12-2-3-12/h1,4-6,8,12H,2-3,9,22-23H2/b11-8+,15-6+. The van der Waals surface area contributed by atoms with Crippen LogP contribution >= 0.6 is 0 Å². The summed E-state index contributed by atoms with van der Waals surface area (Å²) in [6, 6.07) is 7.38. The van der Waals surface area contributed by atoms with Crippen LogP contribution in [0.2, 0.25) is 0 Å². The topological polar surface area (TPSA) is 103 Å². The van der Waals surface area contributed by atoms with E-state index in [0.717, 1.165) is 18.4 Å². The van der Waals surface area contributed by atoms with Crippen LogP contribution in [0.3, 0.4) is 0 Å². The molecule has 0 unspecified atom stereocenters. The second-order valence-electron chi connectivity index (χ2n) is 5.92. The molecule has 0 spiro atoms. The minimum absolute atomic E-state index is 0.199. The van der Waals surface area contributed by atoms with E-state index in [-0.39, 0.29) is 6.04 Å². The lowest BCUT2D eigenvalue weighted by atomic mass is 10.2. The Hall–Kier alpha value is -3.15. The zero-order valence-corrected chi connectivity index (χ0v) is 13.6. The Kier molecular flexibility index (Phi) is 4.50. The molecule has 2 aromatic rings. The highest BCUT2D eigenvalue weighted by atomic mass is 19.4. The predicted octanol–water partition coefficient (Wildman–Crippen LogP) is 2.92. The van der Waals surface area contributed by atoms with E-state index in [1.807, 2.05) is 4.57 Å². The molecule has 0 aliphatic heterocycles. The molecule has 0 saturated heterocycles. The third-order valence-corrected chi connectivity index (χ3v) is 3.87. The van der Waals surface area contributed by atoms with Gasteiger partial charge in [-0.05, 0) is 31.0 Å². The summed E-state index contributed by atoms with van der Waals surface area (Å²) >= 11 is 0. The molecule has 3 rings (SSSR count).